The fourth-order valence-corrected chi connectivity index (χ4v) is 1.71. The smallest absolute Gasteiger partial charge is 0.0701 e. The zero-order valence-electron chi connectivity index (χ0n) is 11.4. The Bertz CT molecular complexity index is 293. The first-order valence-electron chi connectivity index (χ1n) is 6.55. The minimum atomic E-state index is 0.351. The summed E-state index contributed by atoms with van der Waals surface area (Å²) < 4.78 is 10.6. The maximum atomic E-state index is 5.60. The summed E-state index contributed by atoms with van der Waals surface area (Å²) in [5.74, 6) is 0. The van der Waals surface area contributed by atoms with Gasteiger partial charge in [0.25, 0.3) is 0 Å². The molecule has 0 aliphatic heterocycles. The summed E-state index contributed by atoms with van der Waals surface area (Å²) in [7, 11) is 1.69. The van der Waals surface area contributed by atoms with Gasteiger partial charge in [-0.15, -0.1) is 0 Å². The van der Waals surface area contributed by atoms with Crippen LogP contribution in [0.5, 0.6) is 0 Å². The Kier molecular flexibility index (Phi) is 8.38. The molecule has 0 aliphatic carbocycles. The first kappa shape index (κ1) is 15.1. The molecule has 0 amide bonds. The lowest BCUT2D eigenvalue weighted by Gasteiger charge is -2.18. The Balaban J connectivity index is 2.35. The van der Waals surface area contributed by atoms with E-state index in [2.05, 4.69) is 29.4 Å². The van der Waals surface area contributed by atoms with Crippen LogP contribution in [-0.2, 0) is 15.9 Å². The van der Waals surface area contributed by atoms with Crippen LogP contribution in [0.25, 0.3) is 0 Å². The standard InChI is InChI=1S/C14H24N2O2/c1-3-6-16-14(12-18-10-9-17-2)11-13-4-7-15-8-5-13/h4-5,7-8,14,16H,3,6,9-12H2,1-2H3. The summed E-state index contributed by atoms with van der Waals surface area (Å²) in [6, 6.07) is 4.45. The van der Waals surface area contributed by atoms with E-state index in [1.54, 1.807) is 7.11 Å². The average molecular weight is 252 g/mol. The quantitative estimate of drug-likeness (QED) is 0.643. The van der Waals surface area contributed by atoms with Crippen LogP contribution in [0.3, 0.4) is 0 Å². The molecule has 1 heterocycles. The van der Waals surface area contributed by atoms with Crippen LogP contribution in [-0.4, -0.2) is 44.5 Å². The highest BCUT2D eigenvalue weighted by Gasteiger charge is 2.08. The molecule has 1 rings (SSSR count). The zero-order valence-corrected chi connectivity index (χ0v) is 11.4. The minimum absolute atomic E-state index is 0.351. The second-order valence-corrected chi connectivity index (χ2v) is 4.28. The topological polar surface area (TPSA) is 43.4 Å². The highest BCUT2D eigenvalue weighted by atomic mass is 16.5. The molecule has 1 N–H and O–H groups in total. The number of rotatable bonds is 10. The largest absolute Gasteiger partial charge is 0.382 e. The van der Waals surface area contributed by atoms with Gasteiger partial charge in [0.1, 0.15) is 0 Å². The van der Waals surface area contributed by atoms with E-state index in [4.69, 9.17) is 9.47 Å². The highest BCUT2D eigenvalue weighted by Crippen LogP contribution is 2.02. The Morgan fingerprint density at radius 2 is 2.06 bits per heavy atom. The fraction of sp³-hybridized carbons (Fsp3) is 0.643. The number of ether oxygens (including phenoxy) is 2. The molecule has 0 radical (unpaired) electrons. The predicted octanol–water partition coefficient (Wildman–Crippen LogP) is 1.66. The van der Waals surface area contributed by atoms with E-state index in [1.165, 1.54) is 5.56 Å². The minimum Gasteiger partial charge on any atom is -0.382 e. The Labute approximate surface area is 110 Å². The molecule has 0 spiro atoms. The third-order valence-electron chi connectivity index (χ3n) is 2.67. The van der Waals surface area contributed by atoms with Gasteiger partial charge < -0.3 is 14.8 Å². The SMILES string of the molecule is CCCNC(COCCOC)Cc1ccncc1. The van der Waals surface area contributed by atoms with Crippen LogP contribution in [0.4, 0.5) is 0 Å². The second kappa shape index (κ2) is 10.00. The number of hydrogen-bond acceptors (Lipinski definition) is 4. The molecule has 1 unspecified atom stereocenters. The highest BCUT2D eigenvalue weighted by molar-refractivity contribution is 5.11. The molecular weight excluding hydrogens is 228 g/mol. The van der Waals surface area contributed by atoms with E-state index in [9.17, 15) is 0 Å². The van der Waals surface area contributed by atoms with E-state index in [-0.39, 0.29) is 0 Å². The van der Waals surface area contributed by atoms with Gasteiger partial charge in [0.2, 0.25) is 0 Å². The molecular formula is C14H24N2O2. The summed E-state index contributed by atoms with van der Waals surface area (Å²) in [6.45, 7) is 5.20. The number of aromatic nitrogens is 1. The fourth-order valence-electron chi connectivity index (χ4n) is 1.71. The Morgan fingerprint density at radius 3 is 2.72 bits per heavy atom. The molecule has 1 aromatic rings. The first-order chi connectivity index (χ1) is 8.86. The van der Waals surface area contributed by atoms with Crippen molar-refractivity contribution in [2.45, 2.75) is 25.8 Å². The van der Waals surface area contributed by atoms with Gasteiger partial charge in [0.15, 0.2) is 0 Å². The third kappa shape index (κ3) is 6.69. The molecule has 0 aromatic carbocycles. The van der Waals surface area contributed by atoms with Gasteiger partial charge in [0, 0.05) is 25.5 Å². The molecule has 0 fully saturated rings. The van der Waals surface area contributed by atoms with E-state index < -0.39 is 0 Å². The van der Waals surface area contributed by atoms with Crippen molar-refractivity contribution in [1.29, 1.82) is 0 Å². The van der Waals surface area contributed by atoms with Crippen LogP contribution < -0.4 is 5.32 Å². The predicted molar refractivity (Wildman–Crippen MR) is 72.7 cm³/mol. The summed E-state index contributed by atoms with van der Waals surface area (Å²) in [4.78, 5) is 4.03. The summed E-state index contributed by atoms with van der Waals surface area (Å²) >= 11 is 0. The number of pyridine rings is 1. The maximum Gasteiger partial charge on any atom is 0.0701 e. The zero-order chi connectivity index (χ0) is 13.1. The molecule has 1 atom stereocenters. The van der Waals surface area contributed by atoms with Gasteiger partial charge in [-0.1, -0.05) is 6.92 Å². The molecule has 0 saturated carbocycles. The summed E-state index contributed by atoms with van der Waals surface area (Å²) in [5.41, 5.74) is 1.29. The van der Waals surface area contributed by atoms with Crippen LogP contribution in [0.15, 0.2) is 24.5 Å². The normalized spacial score (nSPS) is 12.6. The van der Waals surface area contributed by atoms with Crippen LogP contribution in [0.1, 0.15) is 18.9 Å². The van der Waals surface area contributed by atoms with Crippen molar-refractivity contribution in [3.05, 3.63) is 30.1 Å². The molecule has 0 saturated heterocycles. The summed E-state index contributed by atoms with van der Waals surface area (Å²) in [5, 5.41) is 3.51. The van der Waals surface area contributed by atoms with Crippen molar-refractivity contribution >= 4 is 0 Å². The Hall–Kier alpha value is -0.970. The molecule has 18 heavy (non-hydrogen) atoms. The van der Waals surface area contributed by atoms with Crippen LogP contribution >= 0.6 is 0 Å². The van der Waals surface area contributed by atoms with Gasteiger partial charge >= 0.3 is 0 Å². The van der Waals surface area contributed by atoms with Gasteiger partial charge in [0.05, 0.1) is 19.8 Å². The molecule has 0 bridgehead atoms. The lowest BCUT2D eigenvalue weighted by Crippen LogP contribution is -2.36. The molecule has 4 heteroatoms. The van der Waals surface area contributed by atoms with E-state index >= 15 is 0 Å². The molecule has 0 aliphatic rings. The molecule has 1 aromatic heterocycles. The van der Waals surface area contributed by atoms with Crippen molar-refractivity contribution in [2.24, 2.45) is 0 Å². The van der Waals surface area contributed by atoms with E-state index in [0.717, 1.165) is 19.4 Å². The monoisotopic (exact) mass is 252 g/mol. The molecule has 102 valence electrons. The number of hydrogen-bond donors (Lipinski definition) is 1. The number of nitrogens with one attached hydrogen (secondary N) is 1. The van der Waals surface area contributed by atoms with Gasteiger partial charge in [-0.2, -0.15) is 0 Å². The average Bonchev–Trinajstić information content (AvgIpc) is 2.41. The van der Waals surface area contributed by atoms with Crippen molar-refractivity contribution in [2.75, 3.05) is 33.5 Å². The van der Waals surface area contributed by atoms with Crippen molar-refractivity contribution in [3.63, 3.8) is 0 Å². The van der Waals surface area contributed by atoms with Gasteiger partial charge in [-0.3, -0.25) is 4.98 Å². The van der Waals surface area contributed by atoms with E-state index in [0.29, 0.717) is 25.9 Å². The van der Waals surface area contributed by atoms with Crippen molar-refractivity contribution < 1.29 is 9.47 Å². The lowest BCUT2D eigenvalue weighted by atomic mass is 10.1. The Morgan fingerprint density at radius 1 is 1.28 bits per heavy atom. The van der Waals surface area contributed by atoms with Gasteiger partial charge in [-0.25, -0.2) is 0 Å². The van der Waals surface area contributed by atoms with Crippen LogP contribution in [0, 0.1) is 0 Å². The van der Waals surface area contributed by atoms with Crippen molar-refractivity contribution in [3.8, 4) is 0 Å². The number of nitrogens with zero attached hydrogens (tertiary/aromatic N) is 1. The lowest BCUT2D eigenvalue weighted by molar-refractivity contribution is 0.0587. The van der Waals surface area contributed by atoms with Crippen molar-refractivity contribution in [1.82, 2.24) is 10.3 Å². The van der Waals surface area contributed by atoms with Crippen LogP contribution in [0.2, 0.25) is 0 Å². The number of methoxy groups -OCH3 is 1. The summed E-state index contributed by atoms with van der Waals surface area (Å²) in [6.07, 6.45) is 5.76. The van der Waals surface area contributed by atoms with Gasteiger partial charge in [-0.05, 0) is 37.1 Å². The molecule has 4 nitrogen and oxygen atoms in total. The maximum absolute atomic E-state index is 5.60. The second-order valence-electron chi connectivity index (χ2n) is 4.28. The third-order valence-corrected chi connectivity index (χ3v) is 2.67. The first-order valence-corrected chi connectivity index (χ1v) is 6.55. The van der Waals surface area contributed by atoms with E-state index in [1.807, 2.05) is 12.4 Å².